The van der Waals surface area contributed by atoms with E-state index >= 15 is 0 Å². The molecule has 586 valence electrons. The van der Waals surface area contributed by atoms with Crippen molar-refractivity contribution in [2.24, 2.45) is 39.8 Å². The normalized spacial score (nSPS) is 14.8. The Morgan fingerprint density at radius 1 is 0.533 bits per heavy atom. The van der Waals surface area contributed by atoms with Gasteiger partial charge < -0.3 is 96.6 Å². The average molecular weight is 1490 g/mol. The number of H-pyrrole nitrogens is 1. The van der Waals surface area contributed by atoms with E-state index in [1.165, 1.54) is 39.0 Å². The maximum atomic E-state index is 15.0. The molecule has 31 heteroatoms. The van der Waals surface area contributed by atoms with Crippen molar-refractivity contribution < 1.29 is 67.7 Å². The van der Waals surface area contributed by atoms with E-state index < -0.39 is 143 Å². The Bertz CT molecular complexity index is 3690. The molecule has 0 aliphatic rings. The number of nitrogens with two attached hydrogens (primary N) is 4. The second-order valence-corrected chi connectivity index (χ2v) is 28.3. The van der Waals surface area contributed by atoms with Gasteiger partial charge in [0.05, 0.1) is 12.1 Å². The summed E-state index contributed by atoms with van der Waals surface area (Å²) in [6, 6.07) is 9.89. The molecule has 1 aromatic heterocycles. The van der Waals surface area contributed by atoms with E-state index in [0.29, 0.717) is 48.8 Å². The van der Waals surface area contributed by atoms with Gasteiger partial charge in [0, 0.05) is 42.9 Å². The number of amides is 11. The van der Waals surface area contributed by atoms with Gasteiger partial charge >= 0.3 is 5.97 Å². The molecule has 11 amide bonds. The highest BCUT2D eigenvalue weighted by atomic mass is 16.4. The number of aromatic amines is 1. The number of aliphatic carboxylic acids is 1. The van der Waals surface area contributed by atoms with Crippen LogP contribution in [0, 0.1) is 11.8 Å². The van der Waals surface area contributed by atoms with Gasteiger partial charge in [-0.15, -0.1) is 13.2 Å². The Balaban J connectivity index is 1.53. The molecule has 0 saturated carbocycles. The minimum atomic E-state index is -1.82. The number of carboxylic acid groups (broad SMARTS) is 1. The smallest absolute Gasteiger partial charge is 0.326 e. The number of hydrogen-bond acceptors (Lipinski definition) is 16. The molecule has 0 bridgehead atoms. The van der Waals surface area contributed by atoms with Crippen molar-refractivity contribution in [2.45, 2.75) is 217 Å². The molecular formula is C76H113N17O14. The number of nitrogens with one attached hydrogen (secondary N) is 12. The number of carbonyl (C=O) groups excluding carboxylic acids is 11. The van der Waals surface area contributed by atoms with E-state index in [2.05, 4.69) is 81.6 Å². The Kier molecular flexibility index (Phi) is 36.7. The minimum absolute atomic E-state index is 0.0269. The number of benzene rings is 3. The van der Waals surface area contributed by atoms with Gasteiger partial charge in [0.15, 0.2) is 5.96 Å². The van der Waals surface area contributed by atoms with Crippen molar-refractivity contribution in [1.82, 2.24) is 63.5 Å². The standard InChI is InChI=1S/C76H113N17O14/c1-11-13-21-34-75(9,80)72(106)85-48(8)64(97)88-59(41-50-30-32-52(94)33-31-50)69(102)90-60(40-49-24-16-15-17-25-49)70(103)93-76(10,35-14-12-2)73(107)92-58(39-46(5)6)68(101)87-56(28-20-22-36-77)66(99)89-57(38-45(3)4)67(100)84-47(7)63(96)83-44-62(95)86-55(29-23-37-81-74(78)79)65(98)91-61(71(104)105)42-51-43-82-54-27-19-18-26-53(51)54/h11-12,15-19,24-27,30-33,43,45-48,55-61,82,94H,1-2,13-14,20-23,28-29,34-42,44,77,80H2,3-10H3,(H,83,96)(H,84,100)(H,85,106)(H,86,95)(H,87,101)(H,88,97)(H,89,99)(H,90,102)(H,91,98)(H,92,107)(H,93,103)(H,104,105)(H4,78,79,81)/t47-,48-,55-,56-,57-,58-,59-,60-,61-,75-,76-/m0/s1. The first-order valence-corrected chi connectivity index (χ1v) is 36.3. The molecule has 3 aromatic carbocycles. The van der Waals surface area contributed by atoms with Crippen LogP contribution in [0.4, 0.5) is 0 Å². The molecule has 0 radical (unpaired) electrons. The van der Waals surface area contributed by atoms with Crippen LogP contribution in [0.1, 0.15) is 149 Å². The number of carbonyl (C=O) groups is 12. The molecule has 22 N–H and O–H groups in total. The van der Waals surface area contributed by atoms with E-state index in [4.69, 9.17) is 22.9 Å². The number of nitrogens with zero attached hydrogens (tertiary/aromatic N) is 1. The summed E-state index contributed by atoms with van der Waals surface area (Å²) in [5, 5.41) is 50.4. The number of allylic oxidation sites excluding steroid dienone is 2. The number of aromatic nitrogens is 1. The maximum absolute atomic E-state index is 15.0. The van der Waals surface area contributed by atoms with Gasteiger partial charge in [-0.25, -0.2) is 4.79 Å². The van der Waals surface area contributed by atoms with Gasteiger partial charge in [-0.3, -0.25) is 57.7 Å². The van der Waals surface area contributed by atoms with E-state index in [0.717, 1.165) is 10.9 Å². The van der Waals surface area contributed by atoms with E-state index in [1.807, 2.05) is 12.1 Å². The second kappa shape index (κ2) is 44.3. The average Bonchev–Trinajstić information content (AvgIpc) is 1.75. The number of unbranched alkanes of at least 4 members (excludes halogenated alkanes) is 2. The fourth-order valence-corrected chi connectivity index (χ4v) is 11.6. The zero-order valence-electron chi connectivity index (χ0n) is 62.8. The van der Waals surface area contributed by atoms with Crippen LogP contribution in [-0.2, 0) is 76.8 Å². The lowest BCUT2D eigenvalue weighted by atomic mass is 9.92. The number of carboxylic acids is 1. The number of hydrogen-bond donors (Lipinski definition) is 18. The number of para-hydroxylation sites is 1. The van der Waals surface area contributed by atoms with Crippen molar-refractivity contribution >= 4 is 87.8 Å². The highest BCUT2D eigenvalue weighted by Gasteiger charge is 2.41. The third-order valence-electron chi connectivity index (χ3n) is 17.8. The van der Waals surface area contributed by atoms with Gasteiger partial charge in [-0.2, -0.15) is 0 Å². The predicted octanol–water partition coefficient (Wildman–Crippen LogP) is 1.69. The molecule has 31 nitrogen and oxygen atoms in total. The summed E-state index contributed by atoms with van der Waals surface area (Å²) < 4.78 is 0. The summed E-state index contributed by atoms with van der Waals surface area (Å²) in [5.41, 5.74) is 22.5. The lowest BCUT2D eigenvalue weighted by molar-refractivity contribution is -0.142. The summed E-state index contributed by atoms with van der Waals surface area (Å²) in [6.45, 7) is 20.1. The number of phenolic OH excluding ortho intramolecular Hbond substituents is 1. The minimum Gasteiger partial charge on any atom is -0.508 e. The first kappa shape index (κ1) is 88.7. The molecule has 107 heavy (non-hydrogen) atoms. The number of aliphatic imine (C=N–C) groups is 1. The highest BCUT2D eigenvalue weighted by molar-refractivity contribution is 6.00. The Labute approximate surface area is 625 Å². The van der Waals surface area contributed by atoms with E-state index in [1.54, 1.807) is 101 Å². The molecule has 0 fully saturated rings. The second-order valence-electron chi connectivity index (χ2n) is 28.3. The van der Waals surface area contributed by atoms with Crippen molar-refractivity contribution in [2.75, 3.05) is 19.6 Å². The summed E-state index contributed by atoms with van der Waals surface area (Å²) in [7, 11) is 0. The van der Waals surface area contributed by atoms with Gasteiger partial charge in [-0.05, 0) is 158 Å². The Hall–Kier alpha value is -10.7. The molecular weight excluding hydrogens is 1370 g/mol. The third kappa shape index (κ3) is 30.7. The van der Waals surface area contributed by atoms with Crippen LogP contribution in [0.25, 0.3) is 10.9 Å². The van der Waals surface area contributed by atoms with Crippen molar-refractivity contribution in [1.29, 1.82) is 0 Å². The summed E-state index contributed by atoms with van der Waals surface area (Å²) in [5.74, 6) is -10.7. The SMILES string of the molecule is C=CCCC[C@](C)(N)C(=O)N[C@@H](C)C(=O)N[C@@H](Cc1ccc(O)cc1)C(=O)N[C@@H](Cc1ccccc1)C(=O)N[C@@](C)(CCC=C)C(=O)N[C@@H](CC(C)C)C(=O)N[C@@H](CCCCN)C(=O)N[C@@H](CC(C)C)C(=O)N[C@@H](C)C(=O)NCC(=O)N[C@@H](CCCN=C(N)N)C(=O)N[C@@H](Cc1c[nH]c2ccccc12)C(=O)O. The van der Waals surface area contributed by atoms with Gasteiger partial charge in [0.2, 0.25) is 65.0 Å². The molecule has 1 heterocycles. The first-order chi connectivity index (χ1) is 50.6. The number of rotatable bonds is 48. The largest absolute Gasteiger partial charge is 0.508 e. The monoisotopic (exact) mass is 1490 g/mol. The zero-order valence-corrected chi connectivity index (χ0v) is 62.8. The van der Waals surface area contributed by atoms with Crippen molar-refractivity contribution in [3.63, 3.8) is 0 Å². The Morgan fingerprint density at radius 2 is 1.05 bits per heavy atom. The molecule has 0 unspecified atom stereocenters. The molecule has 0 aliphatic carbocycles. The highest BCUT2D eigenvalue weighted by Crippen LogP contribution is 2.22. The van der Waals surface area contributed by atoms with Crippen LogP contribution < -0.4 is 81.4 Å². The zero-order chi connectivity index (χ0) is 79.6. The lowest BCUT2D eigenvalue weighted by Crippen LogP contribution is -2.64. The molecule has 4 rings (SSSR count). The van der Waals surface area contributed by atoms with Gasteiger partial charge in [0.25, 0.3) is 0 Å². The molecule has 0 aliphatic heterocycles. The number of fused-ring (bicyclic) bond motifs is 1. The Morgan fingerprint density at radius 3 is 1.65 bits per heavy atom. The first-order valence-electron chi connectivity index (χ1n) is 36.3. The lowest BCUT2D eigenvalue weighted by Gasteiger charge is -2.34. The summed E-state index contributed by atoms with van der Waals surface area (Å²) in [4.78, 5) is 176. The fourth-order valence-electron chi connectivity index (χ4n) is 11.6. The number of phenols is 1. The van der Waals surface area contributed by atoms with Gasteiger partial charge in [0.1, 0.15) is 65.7 Å². The summed E-state index contributed by atoms with van der Waals surface area (Å²) >= 11 is 0. The maximum Gasteiger partial charge on any atom is 0.326 e. The van der Waals surface area contributed by atoms with Gasteiger partial charge in [-0.1, -0.05) is 101 Å². The van der Waals surface area contributed by atoms with E-state index in [-0.39, 0.29) is 101 Å². The van der Waals surface area contributed by atoms with E-state index in [9.17, 15) is 67.7 Å². The molecule has 11 atom stereocenters. The number of aromatic hydroxyl groups is 1. The molecule has 0 spiro atoms. The van der Waals surface area contributed by atoms with Crippen molar-refractivity contribution in [3.05, 3.63) is 127 Å². The van der Waals surface area contributed by atoms with Crippen LogP contribution in [-0.4, -0.2) is 177 Å². The topological polar surface area (TPSA) is 510 Å². The number of guanidine groups is 1. The summed E-state index contributed by atoms with van der Waals surface area (Å²) in [6.07, 6.45) is 7.13. The van der Waals surface area contributed by atoms with Crippen LogP contribution >= 0.6 is 0 Å². The quantitative estimate of drug-likeness (QED) is 0.0129. The third-order valence-corrected chi connectivity index (χ3v) is 17.8. The molecule has 4 aromatic rings. The van der Waals surface area contributed by atoms with Crippen LogP contribution in [0.5, 0.6) is 5.75 Å². The molecule has 0 saturated heterocycles. The van der Waals surface area contributed by atoms with Crippen molar-refractivity contribution in [3.8, 4) is 5.75 Å². The predicted molar refractivity (Wildman–Crippen MR) is 408 cm³/mol. The van der Waals surface area contributed by atoms with Crippen LogP contribution in [0.2, 0.25) is 0 Å². The van der Waals surface area contributed by atoms with Crippen LogP contribution in [0.3, 0.4) is 0 Å². The fraction of sp³-hybridized carbons (Fsp3) is 0.513. The van der Waals surface area contributed by atoms with Crippen LogP contribution in [0.15, 0.2) is 115 Å².